The van der Waals surface area contributed by atoms with Crippen LogP contribution in [0.25, 0.3) is 0 Å². The minimum Gasteiger partial charge on any atom is -0.497 e. The third kappa shape index (κ3) is 4.98. The van der Waals surface area contributed by atoms with Gasteiger partial charge in [-0.05, 0) is 36.2 Å². The Kier molecular flexibility index (Phi) is 6.29. The SMILES string of the molecule is COc1cc(OC)cc(C(=O)N2CCCN(Cc3ccc(F)cc3)CC2)c1. The van der Waals surface area contributed by atoms with Crippen molar-refractivity contribution < 1.29 is 18.7 Å². The van der Waals surface area contributed by atoms with Crippen molar-refractivity contribution >= 4 is 5.91 Å². The molecule has 2 aromatic carbocycles. The first-order valence-corrected chi connectivity index (χ1v) is 9.08. The minimum atomic E-state index is -0.222. The van der Waals surface area contributed by atoms with Crippen molar-refractivity contribution in [3.63, 3.8) is 0 Å². The first-order chi connectivity index (χ1) is 13.1. The smallest absolute Gasteiger partial charge is 0.254 e. The molecule has 3 rings (SSSR count). The quantitative estimate of drug-likeness (QED) is 0.808. The Hall–Kier alpha value is -2.60. The second-order valence-corrected chi connectivity index (χ2v) is 6.65. The second-order valence-electron chi connectivity index (χ2n) is 6.65. The summed E-state index contributed by atoms with van der Waals surface area (Å²) in [4.78, 5) is 17.1. The maximum absolute atomic E-state index is 13.1. The van der Waals surface area contributed by atoms with Crippen LogP contribution in [0.2, 0.25) is 0 Å². The number of halogens is 1. The summed E-state index contributed by atoms with van der Waals surface area (Å²) in [6.07, 6.45) is 0.897. The van der Waals surface area contributed by atoms with Crippen LogP contribution in [0.1, 0.15) is 22.3 Å². The van der Waals surface area contributed by atoms with Gasteiger partial charge in [-0.1, -0.05) is 12.1 Å². The molecule has 5 nitrogen and oxygen atoms in total. The molecule has 144 valence electrons. The zero-order valence-electron chi connectivity index (χ0n) is 15.8. The Morgan fingerprint density at radius 1 is 0.963 bits per heavy atom. The average Bonchev–Trinajstić information content (AvgIpc) is 2.94. The number of methoxy groups -OCH3 is 2. The Labute approximate surface area is 159 Å². The van der Waals surface area contributed by atoms with Gasteiger partial charge in [0.2, 0.25) is 0 Å². The molecule has 1 heterocycles. The highest BCUT2D eigenvalue weighted by Gasteiger charge is 2.21. The molecular weight excluding hydrogens is 347 g/mol. The third-order valence-corrected chi connectivity index (χ3v) is 4.79. The first kappa shape index (κ1) is 19.2. The van der Waals surface area contributed by atoms with Crippen molar-refractivity contribution in [2.24, 2.45) is 0 Å². The van der Waals surface area contributed by atoms with E-state index in [2.05, 4.69) is 4.90 Å². The van der Waals surface area contributed by atoms with E-state index in [1.807, 2.05) is 17.0 Å². The molecule has 0 unspecified atom stereocenters. The summed E-state index contributed by atoms with van der Waals surface area (Å²) in [6.45, 7) is 3.81. The predicted molar refractivity (Wildman–Crippen MR) is 102 cm³/mol. The molecule has 0 bridgehead atoms. The molecule has 1 aliphatic rings. The highest BCUT2D eigenvalue weighted by molar-refractivity contribution is 5.95. The zero-order valence-corrected chi connectivity index (χ0v) is 15.8. The summed E-state index contributed by atoms with van der Waals surface area (Å²) in [6, 6.07) is 11.8. The number of hydrogen-bond donors (Lipinski definition) is 0. The molecule has 0 aliphatic carbocycles. The maximum Gasteiger partial charge on any atom is 0.254 e. The molecule has 0 spiro atoms. The van der Waals surface area contributed by atoms with Gasteiger partial charge in [0.05, 0.1) is 14.2 Å². The standard InChI is InChI=1S/C21H25FN2O3/c1-26-19-12-17(13-20(14-19)27-2)21(25)24-9-3-8-23(10-11-24)15-16-4-6-18(22)7-5-16/h4-7,12-14H,3,8-11,15H2,1-2H3. The van der Waals surface area contributed by atoms with E-state index in [4.69, 9.17) is 9.47 Å². The minimum absolute atomic E-state index is 0.0177. The summed E-state index contributed by atoms with van der Waals surface area (Å²) in [5, 5.41) is 0. The third-order valence-electron chi connectivity index (χ3n) is 4.79. The fraction of sp³-hybridized carbons (Fsp3) is 0.381. The van der Waals surface area contributed by atoms with E-state index in [0.717, 1.165) is 31.6 Å². The van der Waals surface area contributed by atoms with Gasteiger partial charge in [0.15, 0.2) is 0 Å². The lowest BCUT2D eigenvalue weighted by molar-refractivity contribution is 0.0760. The number of hydrogen-bond acceptors (Lipinski definition) is 4. The van der Waals surface area contributed by atoms with Gasteiger partial charge in [0.25, 0.3) is 5.91 Å². The van der Waals surface area contributed by atoms with E-state index in [9.17, 15) is 9.18 Å². The van der Waals surface area contributed by atoms with Gasteiger partial charge in [0.1, 0.15) is 17.3 Å². The van der Waals surface area contributed by atoms with Crippen LogP contribution in [0.5, 0.6) is 11.5 Å². The lowest BCUT2D eigenvalue weighted by atomic mass is 10.1. The number of nitrogens with zero attached hydrogens (tertiary/aromatic N) is 2. The summed E-state index contributed by atoms with van der Waals surface area (Å²) < 4.78 is 23.6. The van der Waals surface area contributed by atoms with Gasteiger partial charge in [-0.25, -0.2) is 4.39 Å². The Balaban J connectivity index is 1.65. The normalized spacial score (nSPS) is 15.3. The van der Waals surface area contributed by atoms with E-state index in [-0.39, 0.29) is 11.7 Å². The van der Waals surface area contributed by atoms with Crippen molar-refractivity contribution in [1.29, 1.82) is 0 Å². The molecule has 1 saturated heterocycles. The highest BCUT2D eigenvalue weighted by atomic mass is 19.1. The topological polar surface area (TPSA) is 42.0 Å². The van der Waals surface area contributed by atoms with Crippen LogP contribution in [0, 0.1) is 5.82 Å². The van der Waals surface area contributed by atoms with Gasteiger partial charge >= 0.3 is 0 Å². The van der Waals surface area contributed by atoms with Crippen LogP contribution in [0.3, 0.4) is 0 Å². The fourth-order valence-electron chi connectivity index (χ4n) is 3.29. The van der Waals surface area contributed by atoms with E-state index in [0.29, 0.717) is 30.2 Å². The Morgan fingerprint density at radius 2 is 1.63 bits per heavy atom. The molecule has 1 fully saturated rings. The van der Waals surface area contributed by atoms with Gasteiger partial charge in [-0.15, -0.1) is 0 Å². The van der Waals surface area contributed by atoms with E-state index in [1.54, 1.807) is 32.4 Å². The molecule has 6 heteroatoms. The van der Waals surface area contributed by atoms with Gasteiger partial charge in [0, 0.05) is 44.4 Å². The summed E-state index contributed by atoms with van der Waals surface area (Å²) in [7, 11) is 3.14. The molecule has 0 aromatic heterocycles. The van der Waals surface area contributed by atoms with Gasteiger partial charge in [-0.3, -0.25) is 9.69 Å². The number of carbonyl (C=O) groups excluding carboxylic acids is 1. The lowest BCUT2D eigenvalue weighted by Gasteiger charge is -2.22. The van der Waals surface area contributed by atoms with Crippen molar-refractivity contribution in [1.82, 2.24) is 9.80 Å². The van der Waals surface area contributed by atoms with E-state index < -0.39 is 0 Å². The van der Waals surface area contributed by atoms with Gasteiger partial charge < -0.3 is 14.4 Å². The molecule has 0 atom stereocenters. The van der Waals surface area contributed by atoms with E-state index >= 15 is 0 Å². The van der Waals surface area contributed by atoms with Gasteiger partial charge in [-0.2, -0.15) is 0 Å². The molecule has 0 saturated carbocycles. The predicted octanol–water partition coefficient (Wildman–Crippen LogP) is 3.19. The second kappa shape index (κ2) is 8.86. The number of benzene rings is 2. The molecule has 1 amide bonds. The summed E-state index contributed by atoms with van der Waals surface area (Å²) in [5.41, 5.74) is 1.65. The van der Waals surface area contributed by atoms with Crippen molar-refractivity contribution in [3.8, 4) is 11.5 Å². The largest absolute Gasteiger partial charge is 0.497 e. The highest BCUT2D eigenvalue weighted by Crippen LogP contribution is 2.24. The zero-order chi connectivity index (χ0) is 19.2. The first-order valence-electron chi connectivity index (χ1n) is 9.08. The molecule has 0 radical (unpaired) electrons. The molecule has 1 aliphatic heterocycles. The van der Waals surface area contributed by atoms with Crippen molar-refractivity contribution in [3.05, 3.63) is 59.4 Å². The van der Waals surface area contributed by atoms with Crippen LogP contribution in [0.4, 0.5) is 4.39 Å². The van der Waals surface area contributed by atoms with Crippen LogP contribution in [-0.4, -0.2) is 56.1 Å². The number of ether oxygens (including phenoxy) is 2. The number of amides is 1. The lowest BCUT2D eigenvalue weighted by Crippen LogP contribution is -2.35. The molecular formula is C21H25FN2O3. The van der Waals surface area contributed by atoms with Crippen molar-refractivity contribution in [2.75, 3.05) is 40.4 Å². The fourth-order valence-corrected chi connectivity index (χ4v) is 3.29. The Morgan fingerprint density at radius 3 is 2.26 bits per heavy atom. The van der Waals surface area contributed by atoms with Crippen LogP contribution < -0.4 is 9.47 Å². The molecule has 27 heavy (non-hydrogen) atoms. The number of carbonyl (C=O) groups is 1. The summed E-state index contributed by atoms with van der Waals surface area (Å²) >= 11 is 0. The Bertz CT molecular complexity index is 757. The van der Waals surface area contributed by atoms with Crippen LogP contribution in [0.15, 0.2) is 42.5 Å². The monoisotopic (exact) mass is 372 g/mol. The molecule has 2 aromatic rings. The van der Waals surface area contributed by atoms with Crippen molar-refractivity contribution in [2.45, 2.75) is 13.0 Å². The maximum atomic E-state index is 13.1. The summed E-state index contributed by atoms with van der Waals surface area (Å²) in [5.74, 6) is 0.965. The van der Waals surface area contributed by atoms with E-state index in [1.165, 1.54) is 12.1 Å². The average molecular weight is 372 g/mol. The van der Waals surface area contributed by atoms with Crippen LogP contribution >= 0.6 is 0 Å². The number of rotatable bonds is 5. The molecule has 0 N–H and O–H groups in total. The van der Waals surface area contributed by atoms with Crippen LogP contribution in [-0.2, 0) is 6.54 Å².